The normalized spacial score (nSPS) is 21.9. The Hall–Kier alpha value is -1.40. The average molecular weight is 383 g/mol. The molecule has 0 aromatic heterocycles. The quantitative estimate of drug-likeness (QED) is 0.849. The minimum absolute atomic E-state index is 0.0488. The molecule has 0 bridgehead atoms. The highest BCUT2D eigenvalue weighted by Gasteiger charge is 2.31. The number of hydrogen-bond acceptors (Lipinski definition) is 3. The zero-order valence-electron chi connectivity index (χ0n) is 13.5. The lowest BCUT2D eigenvalue weighted by Crippen LogP contribution is -2.45. The van der Waals surface area contributed by atoms with E-state index in [0.29, 0.717) is 12.6 Å². The van der Waals surface area contributed by atoms with Gasteiger partial charge in [0.25, 0.3) is 0 Å². The predicted molar refractivity (Wildman–Crippen MR) is 92.0 cm³/mol. The second-order valence-corrected chi connectivity index (χ2v) is 7.18. The zero-order chi connectivity index (χ0) is 17.0. The van der Waals surface area contributed by atoms with Crippen molar-refractivity contribution in [2.75, 3.05) is 20.1 Å². The second kappa shape index (κ2) is 7.93. The van der Waals surface area contributed by atoms with Crippen molar-refractivity contribution >= 4 is 27.8 Å². The summed E-state index contributed by atoms with van der Waals surface area (Å²) in [5.74, 6) is -1.12. The van der Waals surface area contributed by atoms with Crippen LogP contribution in [-0.2, 0) is 16.1 Å². The van der Waals surface area contributed by atoms with Gasteiger partial charge in [-0.15, -0.1) is 0 Å². The maximum Gasteiger partial charge on any atom is 0.323 e. The summed E-state index contributed by atoms with van der Waals surface area (Å²) >= 11 is 3.41. The molecule has 0 aliphatic carbocycles. The highest BCUT2D eigenvalue weighted by molar-refractivity contribution is 9.10. The molecule has 0 radical (unpaired) electrons. The number of rotatable bonds is 5. The van der Waals surface area contributed by atoms with Crippen LogP contribution in [-0.4, -0.2) is 53.0 Å². The van der Waals surface area contributed by atoms with Crippen LogP contribution in [0.25, 0.3) is 0 Å². The van der Waals surface area contributed by atoms with Gasteiger partial charge in [-0.2, -0.15) is 0 Å². The number of halogens is 1. The molecule has 6 heteroatoms. The van der Waals surface area contributed by atoms with E-state index in [9.17, 15) is 9.59 Å². The van der Waals surface area contributed by atoms with E-state index >= 15 is 0 Å². The summed E-state index contributed by atoms with van der Waals surface area (Å²) in [7, 11) is 2.06. The lowest BCUT2D eigenvalue weighted by molar-refractivity contribution is -0.147. The monoisotopic (exact) mass is 382 g/mol. The molecule has 1 amide bonds. The second-order valence-electron chi connectivity index (χ2n) is 6.27. The molecule has 23 heavy (non-hydrogen) atoms. The minimum Gasteiger partial charge on any atom is -0.480 e. The van der Waals surface area contributed by atoms with E-state index < -0.39 is 5.97 Å². The van der Waals surface area contributed by atoms with Gasteiger partial charge in [0.2, 0.25) is 5.91 Å². The number of likely N-dealkylation sites (tertiary alicyclic amines) is 1. The van der Waals surface area contributed by atoms with Crippen LogP contribution in [0.3, 0.4) is 0 Å². The SMILES string of the molecule is C[C@H]1C[C@@H](C(=O)N(CC(=O)O)Cc2cccc(Br)c2)CCN1C. The fraction of sp³-hybridized carbons (Fsp3) is 0.529. The van der Waals surface area contributed by atoms with Gasteiger partial charge in [0, 0.05) is 23.0 Å². The Morgan fingerprint density at radius 3 is 2.78 bits per heavy atom. The summed E-state index contributed by atoms with van der Waals surface area (Å²) in [6.45, 7) is 3.04. The van der Waals surface area contributed by atoms with E-state index in [1.54, 1.807) is 0 Å². The Kier molecular flexibility index (Phi) is 6.18. The number of hydrogen-bond donors (Lipinski definition) is 1. The highest BCUT2D eigenvalue weighted by atomic mass is 79.9. The van der Waals surface area contributed by atoms with Crippen LogP contribution in [0.2, 0.25) is 0 Å². The van der Waals surface area contributed by atoms with Crippen LogP contribution in [0.4, 0.5) is 0 Å². The number of carboxylic acids is 1. The molecule has 2 rings (SSSR count). The van der Waals surface area contributed by atoms with Crippen LogP contribution < -0.4 is 0 Å². The molecular formula is C17H23BrN2O3. The third-order valence-electron chi connectivity index (χ3n) is 4.46. The summed E-state index contributed by atoms with van der Waals surface area (Å²) in [5, 5.41) is 9.15. The molecule has 1 aliphatic rings. The van der Waals surface area contributed by atoms with Crippen molar-refractivity contribution in [1.29, 1.82) is 0 Å². The van der Waals surface area contributed by atoms with Gasteiger partial charge in [-0.1, -0.05) is 28.1 Å². The molecule has 2 atom stereocenters. The van der Waals surface area contributed by atoms with Crippen molar-refractivity contribution in [3.8, 4) is 0 Å². The number of carbonyl (C=O) groups is 2. The molecular weight excluding hydrogens is 360 g/mol. The molecule has 1 fully saturated rings. The molecule has 1 heterocycles. The van der Waals surface area contributed by atoms with Crippen molar-refractivity contribution < 1.29 is 14.7 Å². The van der Waals surface area contributed by atoms with E-state index in [4.69, 9.17) is 5.11 Å². The minimum atomic E-state index is -0.977. The summed E-state index contributed by atoms with van der Waals surface area (Å²) in [4.78, 5) is 27.7. The van der Waals surface area contributed by atoms with Gasteiger partial charge < -0.3 is 14.9 Å². The molecule has 1 saturated heterocycles. The van der Waals surface area contributed by atoms with Crippen LogP contribution in [0.5, 0.6) is 0 Å². The highest BCUT2D eigenvalue weighted by Crippen LogP contribution is 2.24. The lowest BCUT2D eigenvalue weighted by Gasteiger charge is -2.36. The van der Waals surface area contributed by atoms with E-state index in [1.165, 1.54) is 4.90 Å². The fourth-order valence-electron chi connectivity index (χ4n) is 3.00. The van der Waals surface area contributed by atoms with Gasteiger partial charge in [-0.3, -0.25) is 9.59 Å². The maximum atomic E-state index is 12.8. The largest absolute Gasteiger partial charge is 0.480 e. The summed E-state index contributed by atoms with van der Waals surface area (Å²) < 4.78 is 0.922. The Morgan fingerprint density at radius 2 is 2.17 bits per heavy atom. The lowest BCUT2D eigenvalue weighted by atomic mass is 9.90. The zero-order valence-corrected chi connectivity index (χ0v) is 15.1. The molecule has 1 N–H and O–H groups in total. The third-order valence-corrected chi connectivity index (χ3v) is 4.95. The first-order valence-electron chi connectivity index (χ1n) is 7.82. The number of amides is 1. The first kappa shape index (κ1) is 17.9. The Balaban J connectivity index is 2.11. The standard InChI is InChI=1S/C17H23BrN2O3/c1-12-8-14(6-7-19(12)2)17(23)20(11-16(21)22)10-13-4-3-5-15(18)9-13/h3-5,9,12,14H,6-8,10-11H2,1-2H3,(H,21,22)/t12-,14-/m0/s1. The smallest absolute Gasteiger partial charge is 0.323 e. The maximum absolute atomic E-state index is 12.8. The molecule has 5 nitrogen and oxygen atoms in total. The summed E-state index contributed by atoms with van der Waals surface area (Å²) in [5.41, 5.74) is 0.926. The number of benzene rings is 1. The van der Waals surface area contributed by atoms with E-state index in [2.05, 4.69) is 34.8 Å². The van der Waals surface area contributed by atoms with Crippen molar-refractivity contribution in [3.63, 3.8) is 0 Å². The number of nitrogens with zero attached hydrogens (tertiary/aromatic N) is 2. The van der Waals surface area contributed by atoms with Crippen molar-refractivity contribution in [3.05, 3.63) is 34.3 Å². The Morgan fingerprint density at radius 1 is 1.43 bits per heavy atom. The van der Waals surface area contributed by atoms with E-state index in [-0.39, 0.29) is 18.4 Å². The van der Waals surface area contributed by atoms with Crippen LogP contribution in [0, 0.1) is 5.92 Å². The number of carboxylic acid groups (broad SMARTS) is 1. The summed E-state index contributed by atoms with van der Waals surface area (Å²) in [6, 6.07) is 7.96. The average Bonchev–Trinajstić information content (AvgIpc) is 2.48. The number of aliphatic carboxylic acids is 1. The van der Waals surface area contributed by atoms with Gasteiger partial charge in [-0.25, -0.2) is 0 Å². The molecule has 1 aromatic carbocycles. The topological polar surface area (TPSA) is 60.9 Å². The van der Waals surface area contributed by atoms with E-state index in [0.717, 1.165) is 29.4 Å². The van der Waals surface area contributed by atoms with Crippen molar-refractivity contribution in [1.82, 2.24) is 9.80 Å². The van der Waals surface area contributed by atoms with Gasteiger partial charge in [0.1, 0.15) is 6.54 Å². The van der Waals surface area contributed by atoms with Gasteiger partial charge in [-0.05, 0) is 51.1 Å². The van der Waals surface area contributed by atoms with Gasteiger partial charge in [0.05, 0.1) is 0 Å². The molecule has 0 spiro atoms. The molecule has 0 saturated carbocycles. The van der Waals surface area contributed by atoms with Crippen molar-refractivity contribution in [2.45, 2.75) is 32.4 Å². The fourth-order valence-corrected chi connectivity index (χ4v) is 3.45. The third kappa shape index (κ3) is 5.04. The molecule has 1 aromatic rings. The first-order chi connectivity index (χ1) is 10.9. The predicted octanol–water partition coefficient (Wildman–Crippen LogP) is 2.59. The van der Waals surface area contributed by atoms with Crippen molar-refractivity contribution in [2.24, 2.45) is 5.92 Å². The first-order valence-corrected chi connectivity index (χ1v) is 8.61. The van der Waals surface area contributed by atoms with Gasteiger partial charge in [0.15, 0.2) is 0 Å². The van der Waals surface area contributed by atoms with E-state index in [1.807, 2.05) is 24.3 Å². The van der Waals surface area contributed by atoms with Crippen LogP contribution in [0.1, 0.15) is 25.3 Å². The van der Waals surface area contributed by atoms with Gasteiger partial charge >= 0.3 is 5.97 Å². The number of carbonyl (C=O) groups excluding carboxylic acids is 1. The molecule has 1 aliphatic heterocycles. The number of piperidine rings is 1. The van der Waals surface area contributed by atoms with Crippen LogP contribution >= 0.6 is 15.9 Å². The Bertz CT molecular complexity index is 579. The summed E-state index contributed by atoms with van der Waals surface area (Å²) in [6.07, 6.45) is 1.57. The van der Waals surface area contributed by atoms with Crippen LogP contribution in [0.15, 0.2) is 28.7 Å². The Labute approximate surface area is 145 Å². The molecule has 0 unspecified atom stereocenters. The molecule has 126 valence electrons.